The Morgan fingerprint density at radius 2 is 2.13 bits per heavy atom. The number of aromatic nitrogens is 1. The van der Waals surface area contributed by atoms with Gasteiger partial charge in [-0.15, -0.1) is 0 Å². The van der Waals surface area contributed by atoms with Gasteiger partial charge in [0.2, 0.25) is 0 Å². The fourth-order valence-corrected chi connectivity index (χ4v) is 1.30. The van der Waals surface area contributed by atoms with E-state index in [9.17, 15) is 9.00 Å². The lowest BCUT2D eigenvalue weighted by Crippen LogP contribution is -2.23. The Labute approximate surface area is 90.5 Å². The van der Waals surface area contributed by atoms with Crippen molar-refractivity contribution in [3.05, 3.63) is 24.0 Å². The van der Waals surface area contributed by atoms with Crippen molar-refractivity contribution in [3.63, 3.8) is 0 Å². The van der Waals surface area contributed by atoms with Crippen LogP contribution in [0.15, 0.2) is 18.5 Å². The molecule has 1 atom stereocenters. The third-order valence-electron chi connectivity index (χ3n) is 1.48. The normalized spacial score (nSPS) is 13.6. The van der Waals surface area contributed by atoms with E-state index in [1.54, 1.807) is 20.8 Å². The smallest absolute Gasteiger partial charge is 0.340 e. The first-order valence-corrected chi connectivity index (χ1v) is 5.38. The van der Waals surface area contributed by atoms with Crippen molar-refractivity contribution in [1.29, 1.82) is 0 Å². The summed E-state index contributed by atoms with van der Waals surface area (Å²) in [5, 5.41) is 0. The van der Waals surface area contributed by atoms with Crippen LogP contribution in [0.4, 0.5) is 0 Å². The molecule has 5 nitrogen and oxygen atoms in total. The van der Waals surface area contributed by atoms with Crippen molar-refractivity contribution in [1.82, 2.24) is 3.97 Å². The standard InChI is InChI=1S/C9H13NO4S/c1-9(2,3)14-8(11)7-4-5-10(6-7)15(12)13/h4-6H,1-3H3,(H,12,13). The minimum absolute atomic E-state index is 0.257. The van der Waals surface area contributed by atoms with E-state index in [1.807, 2.05) is 0 Å². The van der Waals surface area contributed by atoms with Crippen LogP contribution in [0.5, 0.6) is 0 Å². The number of hydrogen-bond acceptors (Lipinski definition) is 3. The molecule has 0 spiro atoms. The highest BCUT2D eigenvalue weighted by atomic mass is 32.2. The van der Waals surface area contributed by atoms with Gasteiger partial charge in [-0.2, -0.15) is 0 Å². The number of esters is 1. The summed E-state index contributed by atoms with van der Waals surface area (Å²) < 4.78 is 25.5. The Balaban J connectivity index is 2.79. The van der Waals surface area contributed by atoms with Crippen molar-refractivity contribution in [2.45, 2.75) is 26.4 Å². The molecular formula is C9H13NO4S. The summed E-state index contributed by atoms with van der Waals surface area (Å²) in [5.41, 5.74) is -0.315. The van der Waals surface area contributed by atoms with Crippen LogP contribution in [0, 0.1) is 0 Å². The SMILES string of the molecule is CC(C)(C)OC(=O)c1ccn(S(=O)O)c1. The molecule has 1 aromatic heterocycles. The van der Waals surface area contributed by atoms with Gasteiger partial charge in [0.1, 0.15) is 5.60 Å². The number of hydrogen-bond donors (Lipinski definition) is 1. The van der Waals surface area contributed by atoms with E-state index in [0.29, 0.717) is 0 Å². The fourth-order valence-electron chi connectivity index (χ4n) is 0.932. The van der Waals surface area contributed by atoms with Gasteiger partial charge in [-0.05, 0) is 26.8 Å². The molecule has 0 fully saturated rings. The molecule has 0 aliphatic rings. The predicted octanol–water partition coefficient (Wildman–Crippen LogP) is 1.43. The van der Waals surface area contributed by atoms with Gasteiger partial charge in [0.05, 0.1) is 5.56 Å². The van der Waals surface area contributed by atoms with Crippen molar-refractivity contribution in [2.24, 2.45) is 0 Å². The molecule has 1 heterocycles. The predicted molar refractivity (Wildman–Crippen MR) is 55.8 cm³/mol. The summed E-state index contributed by atoms with van der Waals surface area (Å²) in [6.45, 7) is 5.27. The van der Waals surface area contributed by atoms with E-state index >= 15 is 0 Å². The lowest BCUT2D eigenvalue weighted by molar-refractivity contribution is 0.00697. The number of carbonyl (C=O) groups is 1. The highest BCUT2D eigenvalue weighted by Crippen LogP contribution is 2.12. The van der Waals surface area contributed by atoms with E-state index in [1.165, 1.54) is 18.5 Å². The van der Waals surface area contributed by atoms with Crippen LogP contribution in [0.25, 0.3) is 0 Å². The largest absolute Gasteiger partial charge is 0.456 e. The topological polar surface area (TPSA) is 68.5 Å². The molecule has 0 amide bonds. The molecule has 0 saturated carbocycles. The molecule has 1 unspecified atom stereocenters. The van der Waals surface area contributed by atoms with Gasteiger partial charge >= 0.3 is 5.97 Å². The zero-order valence-corrected chi connectivity index (χ0v) is 9.58. The first-order valence-electron chi connectivity index (χ1n) is 4.32. The number of ether oxygens (including phenoxy) is 1. The van der Waals surface area contributed by atoms with Gasteiger partial charge in [-0.25, -0.2) is 9.00 Å². The van der Waals surface area contributed by atoms with Crippen LogP contribution < -0.4 is 0 Å². The lowest BCUT2D eigenvalue weighted by Gasteiger charge is -2.18. The van der Waals surface area contributed by atoms with Crippen LogP contribution >= 0.6 is 0 Å². The molecule has 0 saturated heterocycles. The first kappa shape index (κ1) is 11.9. The minimum Gasteiger partial charge on any atom is -0.456 e. The van der Waals surface area contributed by atoms with Gasteiger partial charge in [-0.3, -0.25) is 8.53 Å². The maximum absolute atomic E-state index is 11.5. The lowest BCUT2D eigenvalue weighted by atomic mass is 10.2. The molecule has 15 heavy (non-hydrogen) atoms. The summed E-state index contributed by atoms with van der Waals surface area (Å²) >= 11 is -2.14. The van der Waals surface area contributed by atoms with Gasteiger partial charge in [0, 0.05) is 12.4 Å². The molecule has 0 aliphatic heterocycles. The average Bonchev–Trinajstić information content (AvgIpc) is 2.47. The van der Waals surface area contributed by atoms with Gasteiger partial charge in [-0.1, -0.05) is 0 Å². The molecule has 1 aromatic rings. The van der Waals surface area contributed by atoms with Crippen molar-refractivity contribution in [2.75, 3.05) is 0 Å². The molecule has 0 aromatic carbocycles. The summed E-state index contributed by atoms with van der Waals surface area (Å²) in [5.74, 6) is -0.508. The van der Waals surface area contributed by atoms with Crippen molar-refractivity contribution < 1.29 is 18.3 Å². The molecule has 1 N–H and O–H groups in total. The van der Waals surface area contributed by atoms with Crippen LogP contribution in [0.3, 0.4) is 0 Å². The molecule has 0 bridgehead atoms. The van der Waals surface area contributed by atoms with Crippen LogP contribution in [-0.2, 0) is 16.0 Å². The Hall–Kier alpha value is -1.14. The van der Waals surface area contributed by atoms with E-state index in [4.69, 9.17) is 9.29 Å². The second kappa shape index (κ2) is 4.16. The van der Waals surface area contributed by atoms with Crippen LogP contribution in [-0.4, -0.2) is 24.3 Å². The van der Waals surface area contributed by atoms with Gasteiger partial charge in [0.15, 0.2) is 0 Å². The molecule has 6 heteroatoms. The van der Waals surface area contributed by atoms with Crippen LogP contribution in [0.2, 0.25) is 0 Å². The highest BCUT2D eigenvalue weighted by Gasteiger charge is 2.18. The van der Waals surface area contributed by atoms with Crippen LogP contribution in [0.1, 0.15) is 31.1 Å². The molecule has 0 aliphatic carbocycles. The van der Waals surface area contributed by atoms with Gasteiger partial charge in [0.25, 0.3) is 11.3 Å². The molecule has 1 rings (SSSR count). The van der Waals surface area contributed by atoms with Gasteiger partial charge < -0.3 is 4.74 Å². The number of carbonyl (C=O) groups excluding carboxylic acids is 1. The van der Waals surface area contributed by atoms with E-state index in [0.717, 1.165) is 3.97 Å². The first-order chi connectivity index (χ1) is 6.79. The Kier molecular flexibility index (Phi) is 3.31. The molecule has 84 valence electrons. The summed E-state index contributed by atoms with van der Waals surface area (Å²) in [7, 11) is 0. The zero-order chi connectivity index (χ0) is 11.6. The Bertz CT molecular complexity index is 391. The summed E-state index contributed by atoms with van der Waals surface area (Å²) in [4.78, 5) is 11.5. The Morgan fingerprint density at radius 1 is 1.53 bits per heavy atom. The highest BCUT2D eigenvalue weighted by molar-refractivity contribution is 7.77. The second-order valence-corrected chi connectivity index (χ2v) is 4.88. The number of nitrogens with zero attached hydrogens (tertiary/aromatic N) is 1. The van der Waals surface area contributed by atoms with E-state index in [-0.39, 0.29) is 5.56 Å². The van der Waals surface area contributed by atoms with E-state index < -0.39 is 22.8 Å². The fraction of sp³-hybridized carbons (Fsp3) is 0.444. The minimum atomic E-state index is -2.14. The zero-order valence-electron chi connectivity index (χ0n) is 8.76. The molecular weight excluding hydrogens is 218 g/mol. The number of rotatable bonds is 2. The molecule has 0 radical (unpaired) electrons. The maximum atomic E-state index is 11.5. The Morgan fingerprint density at radius 3 is 2.53 bits per heavy atom. The monoisotopic (exact) mass is 231 g/mol. The second-order valence-electron chi connectivity index (χ2n) is 3.99. The summed E-state index contributed by atoms with van der Waals surface area (Å²) in [6.07, 6.45) is 2.61. The maximum Gasteiger partial charge on any atom is 0.340 e. The average molecular weight is 231 g/mol. The third-order valence-corrected chi connectivity index (χ3v) is 2.07. The third kappa shape index (κ3) is 3.49. The van der Waals surface area contributed by atoms with E-state index in [2.05, 4.69) is 0 Å². The van der Waals surface area contributed by atoms with Crippen molar-refractivity contribution in [3.8, 4) is 0 Å². The van der Waals surface area contributed by atoms with Crippen molar-refractivity contribution >= 4 is 17.2 Å². The summed E-state index contributed by atoms with van der Waals surface area (Å²) in [6, 6.07) is 1.43. The quantitative estimate of drug-likeness (QED) is 0.617.